The van der Waals surface area contributed by atoms with Crippen molar-refractivity contribution in [2.24, 2.45) is 0 Å². The van der Waals surface area contributed by atoms with Crippen LogP contribution in [0.25, 0.3) is 0 Å². The summed E-state index contributed by atoms with van der Waals surface area (Å²) in [5.74, 6) is 1.59. The summed E-state index contributed by atoms with van der Waals surface area (Å²) in [5.41, 5.74) is 3.47. The fraction of sp³-hybridized carbons (Fsp3) is 0.333. The van der Waals surface area contributed by atoms with Crippen LogP contribution >= 0.6 is 11.3 Å². The second kappa shape index (κ2) is 7.82. The quantitative estimate of drug-likeness (QED) is 0.653. The minimum absolute atomic E-state index is 0.0465. The van der Waals surface area contributed by atoms with Gasteiger partial charge < -0.3 is 19.5 Å². The summed E-state index contributed by atoms with van der Waals surface area (Å²) in [6.07, 6.45) is 3.13. The molecule has 1 N–H and O–H groups in total. The van der Waals surface area contributed by atoms with Crippen molar-refractivity contribution in [1.29, 1.82) is 0 Å². The van der Waals surface area contributed by atoms with Crippen LogP contribution in [0.3, 0.4) is 0 Å². The van der Waals surface area contributed by atoms with Crippen LogP contribution in [0.5, 0.6) is 11.5 Å². The van der Waals surface area contributed by atoms with Crippen LogP contribution in [0.4, 0.5) is 5.69 Å². The number of anilines is 1. The highest BCUT2D eigenvalue weighted by Crippen LogP contribution is 2.44. The molecule has 0 atom stereocenters. The molecule has 2 aromatic carbocycles. The highest BCUT2D eigenvalue weighted by atomic mass is 32.1. The first-order chi connectivity index (χ1) is 14.3. The number of nitrogens with zero attached hydrogens (tertiary/aromatic N) is 1. The number of aliphatic hydroxyl groups is 1. The average molecular weight is 408 g/mol. The molecule has 0 bridgehead atoms. The van der Waals surface area contributed by atoms with E-state index in [9.17, 15) is 0 Å². The number of benzene rings is 2. The number of rotatable bonds is 4. The van der Waals surface area contributed by atoms with Crippen molar-refractivity contribution in [3.8, 4) is 11.5 Å². The van der Waals surface area contributed by atoms with Crippen molar-refractivity contribution in [1.82, 2.24) is 0 Å². The van der Waals surface area contributed by atoms with E-state index < -0.39 is 0 Å². The predicted octanol–water partition coefficient (Wildman–Crippen LogP) is 5.10. The number of aliphatic hydroxyl groups excluding tert-OH is 1. The number of hydrogen-bond donors (Lipinski definition) is 1. The van der Waals surface area contributed by atoms with E-state index >= 15 is 0 Å². The minimum atomic E-state index is -0.0755. The Morgan fingerprint density at radius 1 is 0.966 bits per heavy atom. The van der Waals surface area contributed by atoms with Gasteiger partial charge in [-0.15, -0.1) is 11.3 Å². The topological polar surface area (TPSA) is 41.9 Å². The molecule has 3 aromatic rings. The van der Waals surface area contributed by atoms with Gasteiger partial charge in [0.1, 0.15) is 11.5 Å². The molecule has 1 saturated heterocycles. The zero-order valence-electron chi connectivity index (χ0n) is 16.3. The van der Waals surface area contributed by atoms with Gasteiger partial charge in [0.15, 0.2) is 0 Å². The van der Waals surface area contributed by atoms with Crippen molar-refractivity contribution in [2.75, 3.05) is 24.6 Å². The Morgan fingerprint density at radius 2 is 1.66 bits per heavy atom. The molecule has 5 heteroatoms. The molecular weight excluding hydrogens is 382 g/mol. The van der Waals surface area contributed by atoms with E-state index in [2.05, 4.69) is 28.5 Å². The SMILES string of the molecule is OCc1ccc(Oc2ccc(N3CCC4(CC3)OCCc3sccc34)cc2)cc1. The monoisotopic (exact) mass is 407 g/mol. The lowest BCUT2D eigenvalue weighted by Gasteiger charge is -2.44. The van der Waals surface area contributed by atoms with Gasteiger partial charge in [0.2, 0.25) is 0 Å². The fourth-order valence-corrected chi connectivity index (χ4v) is 5.37. The molecular formula is C24H25NO3S. The van der Waals surface area contributed by atoms with E-state index in [1.165, 1.54) is 16.1 Å². The Balaban J connectivity index is 1.24. The highest BCUT2D eigenvalue weighted by molar-refractivity contribution is 7.10. The predicted molar refractivity (Wildman–Crippen MR) is 116 cm³/mol. The summed E-state index contributed by atoms with van der Waals surface area (Å²) >= 11 is 1.87. The third kappa shape index (κ3) is 3.66. The molecule has 1 fully saturated rings. The zero-order chi connectivity index (χ0) is 19.7. The Kier molecular flexibility index (Phi) is 5.04. The maximum Gasteiger partial charge on any atom is 0.127 e. The molecule has 3 heterocycles. The van der Waals surface area contributed by atoms with Gasteiger partial charge in [0.25, 0.3) is 0 Å². The summed E-state index contributed by atoms with van der Waals surface area (Å²) < 4.78 is 12.2. The summed E-state index contributed by atoms with van der Waals surface area (Å²) in [5, 5.41) is 11.4. The average Bonchev–Trinajstić information content (AvgIpc) is 3.26. The zero-order valence-corrected chi connectivity index (χ0v) is 17.2. The van der Waals surface area contributed by atoms with E-state index in [0.29, 0.717) is 0 Å². The Morgan fingerprint density at radius 3 is 2.34 bits per heavy atom. The standard InChI is InChI=1S/C24H25NO3S/c26-17-18-1-5-20(6-2-18)28-21-7-3-19(4-8-21)25-13-11-24(12-14-25)22-10-16-29-23(22)9-15-27-24/h1-8,10,16,26H,9,11-15,17H2. The van der Waals surface area contributed by atoms with E-state index in [1.807, 2.05) is 47.7 Å². The van der Waals surface area contributed by atoms with Gasteiger partial charge in [-0.25, -0.2) is 0 Å². The number of hydrogen-bond acceptors (Lipinski definition) is 5. The molecule has 0 saturated carbocycles. The largest absolute Gasteiger partial charge is 0.457 e. The van der Waals surface area contributed by atoms with Crippen molar-refractivity contribution in [2.45, 2.75) is 31.5 Å². The molecule has 4 nitrogen and oxygen atoms in total. The lowest BCUT2D eigenvalue weighted by Crippen LogP contribution is -2.46. The van der Waals surface area contributed by atoms with Crippen molar-refractivity contribution in [3.63, 3.8) is 0 Å². The van der Waals surface area contributed by atoms with Crippen molar-refractivity contribution < 1.29 is 14.6 Å². The second-order valence-electron chi connectivity index (χ2n) is 7.74. The summed E-state index contributed by atoms with van der Waals surface area (Å²) in [6.45, 7) is 2.89. The van der Waals surface area contributed by atoms with Gasteiger partial charge in [0.05, 0.1) is 18.8 Å². The Labute approximate surface area is 175 Å². The van der Waals surface area contributed by atoms with Gasteiger partial charge >= 0.3 is 0 Å². The summed E-state index contributed by atoms with van der Waals surface area (Å²) in [4.78, 5) is 3.95. The molecule has 0 amide bonds. The molecule has 150 valence electrons. The first-order valence-corrected chi connectivity index (χ1v) is 11.1. The Bertz CT molecular complexity index is 957. The minimum Gasteiger partial charge on any atom is -0.457 e. The number of ether oxygens (including phenoxy) is 2. The lowest BCUT2D eigenvalue weighted by molar-refractivity contribution is -0.0756. The molecule has 0 aliphatic carbocycles. The van der Waals surface area contributed by atoms with Crippen LogP contribution in [0.2, 0.25) is 0 Å². The first-order valence-electron chi connectivity index (χ1n) is 10.2. The van der Waals surface area contributed by atoms with Gasteiger partial charge in [0, 0.05) is 30.1 Å². The van der Waals surface area contributed by atoms with E-state index in [4.69, 9.17) is 14.6 Å². The van der Waals surface area contributed by atoms with Gasteiger partial charge in [-0.2, -0.15) is 0 Å². The van der Waals surface area contributed by atoms with Crippen LogP contribution in [-0.4, -0.2) is 24.8 Å². The third-order valence-electron chi connectivity index (χ3n) is 6.06. The molecule has 5 rings (SSSR count). The van der Waals surface area contributed by atoms with Crippen LogP contribution in [-0.2, 0) is 23.4 Å². The lowest BCUT2D eigenvalue weighted by atomic mass is 9.82. The summed E-state index contributed by atoms with van der Waals surface area (Å²) in [6, 6.07) is 18.1. The van der Waals surface area contributed by atoms with Crippen molar-refractivity contribution >= 4 is 17.0 Å². The molecule has 1 aromatic heterocycles. The first kappa shape index (κ1) is 18.7. The molecule has 2 aliphatic rings. The van der Waals surface area contributed by atoms with Crippen molar-refractivity contribution in [3.05, 3.63) is 76.0 Å². The maximum absolute atomic E-state index is 9.14. The van der Waals surface area contributed by atoms with Crippen LogP contribution in [0, 0.1) is 0 Å². The van der Waals surface area contributed by atoms with Crippen LogP contribution < -0.4 is 9.64 Å². The molecule has 2 aliphatic heterocycles. The van der Waals surface area contributed by atoms with E-state index in [0.717, 1.165) is 56.0 Å². The van der Waals surface area contributed by atoms with E-state index in [1.54, 1.807) is 0 Å². The smallest absolute Gasteiger partial charge is 0.127 e. The normalized spacial score (nSPS) is 17.9. The van der Waals surface area contributed by atoms with Gasteiger partial charge in [-0.3, -0.25) is 0 Å². The van der Waals surface area contributed by atoms with E-state index in [-0.39, 0.29) is 12.2 Å². The Hall–Kier alpha value is -2.34. The second-order valence-corrected chi connectivity index (χ2v) is 8.74. The fourth-order valence-electron chi connectivity index (χ4n) is 4.42. The molecule has 0 unspecified atom stereocenters. The number of piperidine rings is 1. The highest BCUT2D eigenvalue weighted by Gasteiger charge is 2.41. The number of fused-ring (bicyclic) bond motifs is 2. The third-order valence-corrected chi connectivity index (χ3v) is 7.04. The summed E-state index contributed by atoms with van der Waals surface area (Å²) in [7, 11) is 0. The van der Waals surface area contributed by atoms with Crippen LogP contribution in [0.15, 0.2) is 60.0 Å². The maximum atomic E-state index is 9.14. The van der Waals surface area contributed by atoms with Crippen LogP contribution in [0.1, 0.15) is 28.8 Å². The molecule has 1 spiro atoms. The van der Waals surface area contributed by atoms with Gasteiger partial charge in [-0.1, -0.05) is 12.1 Å². The number of thiophene rings is 1. The molecule has 29 heavy (non-hydrogen) atoms. The molecule has 0 radical (unpaired) electrons. The van der Waals surface area contributed by atoms with Gasteiger partial charge in [-0.05, 0) is 71.8 Å².